The van der Waals surface area contributed by atoms with Crippen LogP contribution < -0.4 is 0 Å². The molecule has 61 valence electrons. The number of nitrogens with zero attached hydrogens (tertiary/aromatic N) is 2. The van der Waals surface area contributed by atoms with E-state index in [9.17, 15) is 0 Å². The van der Waals surface area contributed by atoms with Gasteiger partial charge in [-0.2, -0.15) is 5.10 Å². The number of rotatable bonds is 3. The molecule has 0 saturated heterocycles. The van der Waals surface area contributed by atoms with E-state index >= 15 is 0 Å². The first-order chi connectivity index (χ1) is 5.18. The maximum atomic E-state index is 4.03. The van der Waals surface area contributed by atoms with Crippen molar-refractivity contribution >= 4 is 15.9 Å². The van der Waals surface area contributed by atoms with Crippen LogP contribution in [-0.2, 0) is 6.54 Å². The summed E-state index contributed by atoms with van der Waals surface area (Å²) in [7, 11) is 0. The highest BCUT2D eigenvalue weighted by Gasteiger charge is 1.97. The Morgan fingerprint density at radius 1 is 1.73 bits per heavy atom. The summed E-state index contributed by atoms with van der Waals surface area (Å²) >= 11 is 3.30. The molecule has 11 heavy (non-hydrogen) atoms. The standard InChI is InChI=1S/C8H12BrN2/c1-7(2)3-4-11-6-8(9)5-10-11/h6-7H,3-4H2,1-2H3. The van der Waals surface area contributed by atoms with Gasteiger partial charge in [-0.1, -0.05) is 13.8 Å². The highest BCUT2D eigenvalue weighted by molar-refractivity contribution is 9.10. The maximum Gasteiger partial charge on any atom is 0.128 e. The third kappa shape index (κ3) is 3.06. The first-order valence-electron chi connectivity index (χ1n) is 3.79. The second-order valence-electron chi connectivity index (χ2n) is 3.03. The van der Waals surface area contributed by atoms with E-state index < -0.39 is 0 Å². The molecule has 0 aliphatic rings. The van der Waals surface area contributed by atoms with Crippen molar-refractivity contribution in [3.63, 3.8) is 0 Å². The molecule has 1 aromatic heterocycles. The summed E-state index contributed by atoms with van der Waals surface area (Å²) in [5, 5.41) is 4.03. The Balaban J connectivity index is 2.39. The predicted octanol–water partition coefficient (Wildman–Crippen LogP) is 2.49. The quantitative estimate of drug-likeness (QED) is 0.758. The largest absolute Gasteiger partial charge is 0.271 e. The molecule has 0 unspecified atom stereocenters. The van der Waals surface area contributed by atoms with Crippen LogP contribution in [0.15, 0.2) is 10.7 Å². The fourth-order valence-electron chi connectivity index (χ4n) is 0.806. The second kappa shape index (κ2) is 3.90. The zero-order chi connectivity index (χ0) is 8.27. The number of halogens is 1. The molecule has 0 N–H and O–H groups in total. The average molecular weight is 216 g/mol. The van der Waals surface area contributed by atoms with E-state index in [2.05, 4.69) is 41.1 Å². The van der Waals surface area contributed by atoms with Gasteiger partial charge in [-0.15, -0.1) is 0 Å². The molecular formula is C8H12BrN2. The van der Waals surface area contributed by atoms with E-state index in [-0.39, 0.29) is 0 Å². The lowest BCUT2D eigenvalue weighted by Crippen LogP contribution is -2.01. The van der Waals surface area contributed by atoms with Crippen molar-refractivity contribution in [2.75, 3.05) is 0 Å². The van der Waals surface area contributed by atoms with Crippen LogP contribution in [0, 0.1) is 12.1 Å². The summed E-state index contributed by atoms with van der Waals surface area (Å²) in [5.41, 5.74) is 0. The van der Waals surface area contributed by atoms with Gasteiger partial charge in [-0.25, -0.2) is 0 Å². The lowest BCUT2D eigenvalue weighted by Gasteiger charge is -2.03. The Kier molecular flexibility index (Phi) is 3.12. The molecule has 1 radical (unpaired) electrons. The van der Waals surface area contributed by atoms with Crippen molar-refractivity contribution in [2.24, 2.45) is 5.92 Å². The minimum Gasteiger partial charge on any atom is -0.271 e. The van der Waals surface area contributed by atoms with E-state index in [0.29, 0.717) is 0 Å². The molecular weight excluding hydrogens is 204 g/mol. The smallest absolute Gasteiger partial charge is 0.128 e. The van der Waals surface area contributed by atoms with E-state index in [1.807, 2.05) is 10.9 Å². The first-order valence-corrected chi connectivity index (χ1v) is 4.58. The van der Waals surface area contributed by atoms with Crippen LogP contribution in [0.3, 0.4) is 0 Å². The van der Waals surface area contributed by atoms with Crippen LogP contribution in [0.1, 0.15) is 20.3 Å². The van der Waals surface area contributed by atoms with Crippen LogP contribution in [0.4, 0.5) is 0 Å². The van der Waals surface area contributed by atoms with Gasteiger partial charge in [0.25, 0.3) is 0 Å². The van der Waals surface area contributed by atoms with Gasteiger partial charge in [0.05, 0.1) is 4.47 Å². The molecule has 1 aromatic rings. The Labute approximate surface area is 75.7 Å². The minimum atomic E-state index is 0.734. The Hall–Kier alpha value is -0.310. The summed E-state index contributed by atoms with van der Waals surface area (Å²) < 4.78 is 2.84. The van der Waals surface area contributed by atoms with Crippen molar-refractivity contribution in [3.8, 4) is 0 Å². The first kappa shape index (κ1) is 8.78. The van der Waals surface area contributed by atoms with Gasteiger partial charge in [0, 0.05) is 12.7 Å². The molecule has 2 nitrogen and oxygen atoms in total. The van der Waals surface area contributed by atoms with Gasteiger partial charge < -0.3 is 0 Å². The molecule has 0 bridgehead atoms. The number of hydrogen-bond acceptors (Lipinski definition) is 1. The zero-order valence-electron chi connectivity index (χ0n) is 6.84. The summed E-state index contributed by atoms with van der Waals surface area (Å²) in [5.74, 6) is 0.734. The highest BCUT2D eigenvalue weighted by atomic mass is 79.9. The Bertz CT molecular complexity index is 218. The topological polar surface area (TPSA) is 17.8 Å². The molecule has 0 fully saturated rings. The van der Waals surface area contributed by atoms with E-state index in [1.165, 1.54) is 6.42 Å². The Morgan fingerprint density at radius 3 is 2.91 bits per heavy atom. The summed E-state index contributed by atoms with van der Waals surface area (Å²) in [6.07, 6.45) is 5.94. The maximum absolute atomic E-state index is 4.03. The predicted molar refractivity (Wildman–Crippen MR) is 48.2 cm³/mol. The average Bonchev–Trinajstić information content (AvgIpc) is 2.31. The third-order valence-corrected chi connectivity index (χ3v) is 1.87. The van der Waals surface area contributed by atoms with E-state index in [4.69, 9.17) is 0 Å². The second-order valence-corrected chi connectivity index (χ2v) is 3.89. The zero-order valence-corrected chi connectivity index (χ0v) is 8.43. The molecule has 0 spiro atoms. The van der Waals surface area contributed by atoms with Crippen LogP contribution in [0.2, 0.25) is 0 Å². The van der Waals surface area contributed by atoms with Gasteiger partial charge in [0.15, 0.2) is 0 Å². The van der Waals surface area contributed by atoms with Crippen molar-refractivity contribution in [2.45, 2.75) is 26.8 Å². The SMILES string of the molecule is CC(C)CCn1cc(Br)[c]n1. The molecule has 3 heteroatoms. The fraction of sp³-hybridized carbons (Fsp3) is 0.625. The normalized spacial score (nSPS) is 10.9. The molecule has 0 amide bonds. The molecule has 1 rings (SSSR count). The summed E-state index contributed by atoms with van der Waals surface area (Å²) in [6, 6.07) is 0. The molecule has 0 saturated carbocycles. The van der Waals surface area contributed by atoms with E-state index in [1.54, 1.807) is 0 Å². The van der Waals surface area contributed by atoms with Crippen molar-refractivity contribution in [3.05, 3.63) is 16.9 Å². The Morgan fingerprint density at radius 2 is 2.45 bits per heavy atom. The highest BCUT2D eigenvalue weighted by Crippen LogP contribution is 2.07. The van der Waals surface area contributed by atoms with Crippen LogP contribution in [0.5, 0.6) is 0 Å². The molecule has 0 aliphatic carbocycles. The van der Waals surface area contributed by atoms with Gasteiger partial charge >= 0.3 is 0 Å². The third-order valence-electron chi connectivity index (χ3n) is 1.48. The molecule has 0 aliphatic heterocycles. The number of aryl methyl sites for hydroxylation is 1. The molecule has 1 heterocycles. The summed E-state index contributed by atoms with van der Waals surface area (Å²) in [4.78, 5) is 0. The van der Waals surface area contributed by atoms with Crippen molar-refractivity contribution < 1.29 is 0 Å². The van der Waals surface area contributed by atoms with Crippen LogP contribution in [0.25, 0.3) is 0 Å². The minimum absolute atomic E-state index is 0.734. The van der Waals surface area contributed by atoms with Crippen LogP contribution >= 0.6 is 15.9 Å². The van der Waals surface area contributed by atoms with Gasteiger partial charge in [0.2, 0.25) is 0 Å². The molecule has 0 atom stereocenters. The molecule has 0 aromatic carbocycles. The fourth-order valence-corrected chi connectivity index (χ4v) is 1.12. The lowest BCUT2D eigenvalue weighted by molar-refractivity contribution is 0.486. The van der Waals surface area contributed by atoms with Gasteiger partial charge in [0.1, 0.15) is 6.20 Å². The number of aromatic nitrogens is 2. The van der Waals surface area contributed by atoms with Gasteiger partial charge in [-0.3, -0.25) is 4.68 Å². The van der Waals surface area contributed by atoms with Crippen molar-refractivity contribution in [1.29, 1.82) is 0 Å². The monoisotopic (exact) mass is 215 g/mol. The van der Waals surface area contributed by atoms with Crippen molar-refractivity contribution in [1.82, 2.24) is 9.78 Å². The van der Waals surface area contributed by atoms with Crippen LogP contribution in [-0.4, -0.2) is 9.78 Å². The summed E-state index contributed by atoms with van der Waals surface area (Å²) in [6.45, 7) is 5.41. The lowest BCUT2D eigenvalue weighted by atomic mass is 10.1. The number of hydrogen-bond donors (Lipinski definition) is 0. The van der Waals surface area contributed by atoms with Gasteiger partial charge in [-0.05, 0) is 28.3 Å². The van der Waals surface area contributed by atoms with E-state index in [0.717, 1.165) is 16.9 Å².